The summed E-state index contributed by atoms with van der Waals surface area (Å²) in [5.74, 6) is -0.174. The van der Waals surface area contributed by atoms with Crippen molar-refractivity contribution in [2.24, 2.45) is 5.73 Å². The van der Waals surface area contributed by atoms with Gasteiger partial charge in [0.2, 0.25) is 5.91 Å². The first kappa shape index (κ1) is 17.4. The maximum atomic E-state index is 13.7. The quantitative estimate of drug-likeness (QED) is 0.841. The van der Waals surface area contributed by atoms with Crippen molar-refractivity contribution in [3.8, 4) is 5.75 Å². The molecule has 0 spiro atoms. The Morgan fingerprint density at radius 2 is 2.10 bits per heavy atom. The third-order valence-corrected chi connectivity index (χ3v) is 3.31. The zero-order chi connectivity index (χ0) is 16.0. The van der Waals surface area contributed by atoms with E-state index in [1.54, 1.807) is 17.0 Å². The highest BCUT2D eigenvalue weighted by Crippen LogP contribution is 2.19. The Hall–Kier alpha value is -1.62. The largest absolute Gasteiger partial charge is 0.494 e. The van der Waals surface area contributed by atoms with E-state index in [1.807, 2.05) is 20.8 Å². The highest BCUT2D eigenvalue weighted by molar-refractivity contribution is 5.76. The van der Waals surface area contributed by atoms with Gasteiger partial charge in [-0.2, -0.15) is 0 Å². The number of nitrogens with two attached hydrogens (primary N) is 1. The van der Waals surface area contributed by atoms with Crippen LogP contribution in [0, 0.1) is 5.82 Å². The Morgan fingerprint density at radius 1 is 1.43 bits per heavy atom. The summed E-state index contributed by atoms with van der Waals surface area (Å²) in [6, 6.07) is 4.75. The molecule has 0 saturated carbocycles. The van der Waals surface area contributed by atoms with Gasteiger partial charge in [0.25, 0.3) is 0 Å². The Balaban J connectivity index is 2.69. The molecular formula is C16H25FN2O2. The van der Waals surface area contributed by atoms with E-state index in [9.17, 15) is 9.18 Å². The number of hydrogen-bond acceptors (Lipinski definition) is 3. The zero-order valence-electron chi connectivity index (χ0n) is 13.3. The van der Waals surface area contributed by atoms with E-state index < -0.39 is 5.82 Å². The van der Waals surface area contributed by atoms with Crippen LogP contribution in [0.3, 0.4) is 0 Å². The topological polar surface area (TPSA) is 55.6 Å². The average molecular weight is 296 g/mol. The van der Waals surface area contributed by atoms with Crippen molar-refractivity contribution in [1.82, 2.24) is 4.90 Å². The van der Waals surface area contributed by atoms with Crippen LogP contribution in [0.4, 0.5) is 4.39 Å². The first-order valence-electron chi connectivity index (χ1n) is 7.16. The molecule has 21 heavy (non-hydrogen) atoms. The second-order valence-corrected chi connectivity index (χ2v) is 5.87. The number of methoxy groups -OCH3 is 1. The number of ether oxygens (including phenoxy) is 1. The number of hydrogen-bond donors (Lipinski definition) is 1. The van der Waals surface area contributed by atoms with Crippen LogP contribution in [0.1, 0.15) is 39.2 Å². The van der Waals surface area contributed by atoms with Gasteiger partial charge in [-0.15, -0.1) is 0 Å². The first-order chi connectivity index (χ1) is 9.76. The molecule has 1 amide bonds. The van der Waals surface area contributed by atoms with Gasteiger partial charge < -0.3 is 15.4 Å². The fourth-order valence-electron chi connectivity index (χ4n) is 1.99. The Morgan fingerprint density at radius 3 is 2.57 bits per heavy atom. The third-order valence-electron chi connectivity index (χ3n) is 3.31. The van der Waals surface area contributed by atoms with Crippen molar-refractivity contribution in [2.45, 2.75) is 45.7 Å². The van der Waals surface area contributed by atoms with Gasteiger partial charge in [-0.3, -0.25) is 4.79 Å². The third kappa shape index (κ3) is 5.71. The molecular weight excluding hydrogens is 271 g/mol. The molecule has 4 nitrogen and oxygen atoms in total. The molecule has 1 aromatic rings. The Labute approximate surface area is 126 Å². The van der Waals surface area contributed by atoms with E-state index in [2.05, 4.69) is 0 Å². The molecule has 0 aliphatic rings. The van der Waals surface area contributed by atoms with Crippen LogP contribution in [0.25, 0.3) is 0 Å². The highest BCUT2D eigenvalue weighted by atomic mass is 19.1. The fraction of sp³-hybridized carbons (Fsp3) is 0.562. The van der Waals surface area contributed by atoms with Crippen LogP contribution < -0.4 is 10.5 Å². The summed E-state index contributed by atoms with van der Waals surface area (Å²) in [6.07, 6.45) is 1.02. The lowest BCUT2D eigenvalue weighted by Crippen LogP contribution is -2.36. The molecule has 0 aliphatic carbocycles. The normalized spacial score (nSPS) is 11.3. The van der Waals surface area contributed by atoms with Crippen LogP contribution in [0.2, 0.25) is 0 Å². The molecule has 2 N–H and O–H groups in total. The first-order valence-corrected chi connectivity index (χ1v) is 7.16. The van der Waals surface area contributed by atoms with E-state index in [0.717, 1.165) is 5.56 Å². The number of rotatable bonds is 7. The molecule has 0 radical (unpaired) electrons. The molecule has 0 saturated heterocycles. The molecule has 0 aromatic heterocycles. The van der Waals surface area contributed by atoms with Crippen molar-refractivity contribution < 1.29 is 13.9 Å². The molecule has 1 rings (SSSR count). The lowest BCUT2D eigenvalue weighted by molar-refractivity contribution is -0.132. The van der Waals surface area contributed by atoms with Gasteiger partial charge in [0.1, 0.15) is 0 Å². The Bertz CT molecular complexity index is 484. The van der Waals surface area contributed by atoms with Crippen molar-refractivity contribution >= 4 is 5.91 Å². The Kier molecular flexibility index (Phi) is 6.15. The van der Waals surface area contributed by atoms with Gasteiger partial charge >= 0.3 is 0 Å². The monoisotopic (exact) mass is 296 g/mol. The summed E-state index contributed by atoms with van der Waals surface area (Å²) in [4.78, 5) is 13.9. The number of carbonyl (C=O) groups excluding carboxylic acids is 1. The average Bonchev–Trinajstić information content (AvgIpc) is 2.41. The molecule has 118 valence electrons. The summed E-state index contributed by atoms with van der Waals surface area (Å²) in [7, 11) is 1.43. The van der Waals surface area contributed by atoms with Gasteiger partial charge in [-0.25, -0.2) is 4.39 Å². The van der Waals surface area contributed by atoms with Crippen LogP contribution in [-0.2, 0) is 11.3 Å². The highest BCUT2D eigenvalue weighted by Gasteiger charge is 2.17. The number of benzene rings is 1. The minimum Gasteiger partial charge on any atom is -0.494 e. The predicted molar refractivity (Wildman–Crippen MR) is 81.5 cm³/mol. The minimum atomic E-state index is -0.415. The molecule has 0 unspecified atom stereocenters. The summed E-state index contributed by atoms with van der Waals surface area (Å²) in [6.45, 7) is 6.68. The van der Waals surface area contributed by atoms with E-state index in [-0.39, 0.29) is 17.2 Å². The fourth-order valence-corrected chi connectivity index (χ4v) is 1.99. The van der Waals surface area contributed by atoms with Crippen LogP contribution in [0.15, 0.2) is 18.2 Å². The molecule has 5 heteroatoms. The van der Waals surface area contributed by atoms with Crippen molar-refractivity contribution in [2.75, 3.05) is 13.7 Å². The van der Waals surface area contributed by atoms with Crippen molar-refractivity contribution in [1.29, 1.82) is 0 Å². The molecule has 1 aromatic carbocycles. The van der Waals surface area contributed by atoms with E-state index in [4.69, 9.17) is 10.5 Å². The van der Waals surface area contributed by atoms with Crippen molar-refractivity contribution in [3.63, 3.8) is 0 Å². The van der Waals surface area contributed by atoms with Crippen LogP contribution >= 0.6 is 0 Å². The second kappa shape index (κ2) is 7.41. The number of halogens is 1. The number of nitrogens with zero attached hydrogens (tertiary/aromatic N) is 1. The van der Waals surface area contributed by atoms with Gasteiger partial charge in [0, 0.05) is 25.0 Å². The van der Waals surface area contributed by atoms with E-state index in [0.29, 0.717) is 25.9 Å². The zero-order valence-corrected chi connectivity index (χ0v) is 13.3. The molecule has 0 heterocycles. The summed E-state index contributed by atoms with van der Waals surface area (Å²) in [5, 5.41) is 0. The molecule has 0 fully saturated rings. The molecule has 0 aliphatic heterocycles. The maximum absolute atomic E-state index is 13.7. The summed E-state index contributed by atoms with van der Waals surface area (Å²) >= 11 is 0. The second-order valence-electron chi connectivity index (χ2n) is 5.87. The van der Waals surface area contributed by atoms with Gasteiger partial charge in [-0.05, 0) is 44.9 Å². The van der Waals surface area contributed by atoms with Gasteiger partial charge in [0.05, 0.1) is 7.11 Å². The molecule has 0 bridgehead atoms. The summed E-state index contributed by atoms with van der Waals surface area (Å²) < 4.78 is 18.6. The van der Waals surface area contributed by atoms with E-state index in [1.165, 1.54) is 13.2 Å². The van der Waals surface area contributed by atoms with E-state index >= 15 is 0 Å². The minimum absolute atomic E-state index is 0.0345. The number of amides is 1. The lowest BCUT2D eigenvalue weighted by atomic mass is 9.99. The SMILES string of the molecule is CCN(Cc1ccc(OC)c(F)c1)C(=O)CCC(C)(C)N. The van der Waals surface area contributed by atoms with Crippen LogP contribution in [-0.4, -0.2) is 30.0 Å². The number of carbonyl (C=O) groups is 1. The van der Waals surface area contributed by atoms with Gasteiger partial charge in [-0.1, -0.05) is 6.07 Å². The van der Waals surface area contributed by atoms with Crippen LogP contribution in [0.5, 0.6) is 5.75 Å². The standard InChI is InChI=1S/C16H25FN2O2/c1-5-19(15(20)8-9-16(2,3)18)11-12-6-7-14(21-4)13(17)10-12/h6-7,10H,5,8-9,11,18H2,1-4H3. The molecule has 0 atom stereocenters. The summed E-state index contributed by atoms with van der Waals surface area (Å²) in [5.41, 5.74) is 6.28. The maximum Gasteiger partial charge on any atom is 0.222 e. The predicted octanol–water partition coefficient (Wildman–Crippen LogP) is 2.70. The van der Waals surface area contributed by atoms with Gasteiger partial charge in [0.15, 0.2) is 11.6 Å². The van der Waals surface area contributed by atoms with Crippen molar-refractivity contribution in [3.05, 3.63) is 29.6 Å². The lowest BCUT2D eigenvalue weighted by Gasteiger charge is -2.24. The smallest absolute Gasteiger partial charge is 0.222 e.